The highest BCUT2D eigenvalue weighted by Gasteiger charge is 2.35. The van der Waals surface area contributed by atoms with Gasteiger partial charge in [0.2, 0.25) is 5.91 Å². The van der Waals surface area contributed by atoms with Crippen molar-refractivity contribution in [2.45, 2.75) is 52.0 Å². The molecule has 0 aliphatic carbocycles. The zero-order valence-corrected chi connectivity index (χ0v) is 21.1. The Morgan fingerprint density at radius 3 is 2.53 bits per heavy atom. The standard InChI is InChI=1S/C26H34ClN3O4/c1-5-12-26(3,25(32)28-19-10-9-11-20(17-19)30-13-7-8-14-30)29-24(31)18-15-21(27)23(34-6-2)22(16-18)33-4/h9-11,15-17H,5-8,12-14H2,1-4H3,(H,28,32)(H,29,31)/t26-/m1/s1. The molecule has 0 bridgehead atoms. The molecule has 3 rings (SSSR count). The lowest BCUT2D eigenvalue weighted by Crippen LogP contribution is -2.54. The van der Waals surface area contributed by atoms with Gasteiger partial charge in [-0.15, -0.1) is 0 Å². The van der Waals surface area contributed by atoms with Crippen molar-refractivity contribution in [2.24, 2.45) is 0 Å². The van der Waals surface area contributed by atoms with Gasteiger partial charge in [0, 0.05) is 30.0 Å². The summed E-state index contributed by atoms with van der Waals surface area (Å²) in [6.07, 6.45) is 3.54. The predicted molar refractivity (Wildman–Crippen MR) is 136 cm³/mol. The minimum absolute atomic E-state index is 0.270. The van der Waals surface area contributed by atoms with E-state index in [4.69, 9.17) is 21.1 Å². The van der Waals surface area contributed by atoms with E-state index in [2.05, 4.69) is 21.6 Å². The van der Waals surface area contributed by atoms with Gasteiger partial charge >= 0.3 is 0 Å². The number of hydrogen-bond acceptors (Lipinski definition) is 5. The predicted octanol–water partition coefficient (Wildman–Crippen LogP) is 5.27. The van der Waals surface area contributed by atoms with Gasteiger partial charge < -0.3 is 25.0 Å². The third-order valence-corrected chi connectivity index (χ3v) is 6.28. The maximum absolute atomic E-state index is 13.3. The molecule has 8 heteroatoms. The first-order valence-electron chi connectivity index (χ1n) is 11.8. The zero-order chi connectivity index (χ0) is 24.7. The fourth-order valence-electron chi connectivity index (χ4n) is 4.22. The van der Waals surface area contributed by atoms with E-state index in [1.165, 1.54) is 26.0 Å². The van der Waals surface area contributed by atoms with Crippen molar-refractivity contribution in [2.75, 3.05) is 37.0 Å². The van der Waals surface area contributed by atoms with E-state index < -0.39 is 11.4 Å². The van der Waals surface area contributed by atoms with Crippen LogP contribution in [0.25, 0.3) is 0 Å². The number of nitrogens with zero attached hydrogens (tertiary/aromatic N) is 1. The van der Waals surface area contributed by atoms with E-state index in [1.54, 1.807) is 13.0 Å². The number of amides is 2. The van der Waals surface area contributed by atoms with Crippen molar-refractivity contribution in [1.29, 1.82) is 0 Å². The van der Waals surface area contributed by atoms with Crippen molar-refractivity contribution in [3.05, 3.63) is 47.0 Å². The minimum Gasteiger partial charge on any atom is -0.493 e. The molecule has 1 aliphatic heterocycles. The summed E-state index contributed by atoms with van der Waals surface area (Å²) in [6.45, 7) is 8.01. The summed E-state index contributed by atoms with van der Waals surface area (Å²) in [4.78, 5) is 28.8. The number of benzene rings is 2. The number of halogens is 1. The first-order valence-corrected chi connectivity index (χ1v) is 12.2. The third kappa shape index (κ3) is 5.95. The van der Waals surface area contributed by atoms with Crippen molar-refractivity contribution < 1.29 is 19.1 Å². The maximum Gasteiger partial charge on any atom is 0.252 e. The highest BCUT2D eigenvalue weighted by molar-refractivity contribution is 6.32. The SMILES string of the molecule is CCC[C@@](C)(NC(=O)c1cc(Cl)c(OCC)c(OC)c1)C(=O)Nc1cccc(N2CCCC2)c1. The largest absolute Gasteiger partial charge is 0.493 e. The van der Waals surface area contributed by atoms with Gasteiger partial charge in [-0.25, -0.2) is 0 Å². The second kappa shape index (κ2) is 11.5. The number of anilines is 2. The zero-order valence-electron chi connectivity index (χ0n) is 20.4. The van der Waals surface area contributed by atoms with Crippen molar-refractivity contribution in [3.63, 3.8) is 0 Å². The normalized spacial score (nSPS) is 14.9. The second-order valence-corrected chi connectivity index (χ2v) is 9.06. The van der Waals surface area contributed by atoms with Crippen LogP contribution in [-0.2, 0) is 4.79 Å². The van der Waals surface area contributed by atoms with Gasteiger partial charge in [0.1, 0.15) is 5.54 Å². The fraction of sp³-hybridized carbons (Fsp3) is 0.462. The summed E-state index contributed by atoms with van der Waals surface area (Å²) in [6, 6.07) is 10.9. The number of rotatable bonds is 10. The summed E-state index contributed by atoms with van der Waals surface area (Å²) in [5.74, 6) is 0.0560. The summed E-state index contributed by atoms with van der Waals surface area (Å²) < 4.78 is 10.9. The smallest absolute Gasteiger partial charge is 0.252 e. The van der Waals surface area contributed by atoms with Crippen LogP contribution in [0.2, 0.25) is 5.02 Å². The second-order valence-electron chi connectivity index (χ2n) is 8.66. The molecule has 0 radical (unpaired) electrons. The first kappa shape index (κ1) is 25.7. The Morgan fingerprint density at radius 2 is 1.88 bits per heavy atom. The quantitative estimate of drug-likeness (QED) is 0.477. The molecule has 1 saturated heterocycles. The number of methoxy groups -OCH3 is 1. The molecule has 1 fully saturated rings. The maximum atomic E-state index is 13.3. The molecule has 0 saturated carbocycles. The number of hydrogen-bond donors (Lipinski definition) is 2. The van der Waals surface area contributed by atoms with Crippen LogP contribution in [0, 0.1) is 0 Å². The Morgan fingerprint density at radius 1 is 1.15 bits per heavy atom. The molecule has 0 aromatic heterocycles. The topological polar surface area (TPSA) is 79.9 Å². The van der Waals surface area contributed by atoms with Crippen LogP contribution >= 0.6 is 11.6 Å². The van der Waals surface area contributed by atoms with Crippen LogP contribution in [0.4, 0.5) is 11.4 Å². The molecule has 0 spiro atoms. The highest BCUT2D eigenvalue weighted by Crippen LogP contribution is 2.36. The van der Waals surface area contributed by atoms with Gasteiger partial charge in [-0.3, -0.25) is 9.59 Å². The number of carbonyl (C=O) groups excluding carboxylic acids is 2. The van der Waals surface area contributed by atoms with Crippen LogP contribution in [0.1, 0.15) is 56.8 Å². The average molecular weight is 488 g/mol. The Balaban J connectivity index is 1.79. The lowest BCUT2D eigenvalue weighted by Gasteiger charge is -2.30. The molecule has 2 aromatic rings. The van der Waals surface area contributed by atoms with E-state index in [-0.39, 0.29) is 16.5 Å². The Labute approximate surface area is 206 Å². The van der Waals surface area contributed by atoms with Gasteiger partial charge in [0.05, 0.1) is 18.7 Å². The van der Waals surface area contributed by atoms with E-state index in [0.717, 1.165) is 18.8 Å². The third-order valence-electron chi connectivity index (χ3n) is 6.00. The molecule has 0 unspecified atom stereocenters. The van der Waals surface area contributed by atoms with Crippen LogP contribution in [0.15, 0.2) is 36.4 Å². The van der Waals surface area contributed by atoms with Gasteiger partial charge in [0.25, 0.3) is 5.91 Å². The van der Waals surface area contributed by atoms with Crippen LogP contribution in [0.5, 0.6) is 11.5 Å². The average Bonchev–Trinajstić information content (AvgIpc) is 3.35. The van der Waals surface area contributed by atoms with Crippen molar-refractivity contribution in [1.82, 2.24) is 5.32 Å². The summed E-state index contributed by atoms with van der Waals surface area (Å²) in [5, 5.41) is 6.18. The summed E-state index contributed by atoms with van der Waals surface area (Å²) in [5.41, 5.74) is 0.967. The number of ether oxygens (including phenoxy) is 2. The summed E-state index contributed by atoms with van der Waals surface area (Å²) >= 11 is 6.34. The molecule has 7 nitrogen and oxygen atoms in total. The molecular weight excluding hydrogens is 454 g/mol. The fourth-order valence-corrected chi connectivity index (χ4v) is 4.48. The van der Waals surface area contributed by atoms with Gasteiger partial charge in [-0.2, -0.15) is 0 Å². The van der Waals surface area contributed by atoms with Crippen LogP contribution in [-0.4, -0.2) is 44.2 Å². The summed E-state index contributed by atoms with van der Waals surface area (Å²) in [7, 11) is 1.49. The molecule has 184 valence electrons. The molecular formula is C26H34ClN3O4. The molecule has 34 heavy (non-hydrogen) atoms. The monoisotopic (exact) mass is 487 g/mol. The highest BCUT2D eigenvalue weighted by atomic mass is 35.5. The first-order chi connectivity index (χ1) is 16.3. The van der Waals surface area contributed by atoms with Gasteiger partial charge in [0.15, 0.2) is 11.5 Å². The lowest BCUT2D eigenvalue weighted by atomic mass is 9.94. The molecule has 2 aromatic carbocycles. The number of nitrogens with one attached hydrogen (secondary N) is 2. The minimum atomic E-state index is -1.12. The van der Waals surface area contributed by atoms with E-state index in [9.17, 15) is 9.59 Å². The molecule has 1 heterocycles. The van der Waals surface area contributed by atoms with E-state index in [1.807, 2.05) is 32.0 Å². The molecule has 2 amide bonds. The molecule has 1 atom stereocenters. The Bertz CT molecular complexity index is 1020. The van der Waals surface area contributed by atoms with E-state index in [0.29, 0.717) is 36.6 Å². The van der Waals surface area contributed by atoms with Crippen molar-refractivity contribution >= 4 is 34.8 Å². The van der Waals surface area contributed by atoms with Crippen molar-refractivity contribution in [3.8, 4) is 11.5 Å². The van der Waals surface area contributed by atoms with Crippen LogP contribution in [0.3, 0.4) is 0 Å². The molecule has 1 aliphatic rings. The lowest BCUT2D eigenvalue weighted by molar-refractivity contribution is -0.121. The number of carbonyl (C=O) groups is 2. The van der Waals surface area contributed by atoms with Gasteiger partial charge in [-0.05, 0) is 63.4 Å². The molecule has 2 N–H and O–H groups in total. The van der Waals surface area contributed by atoms with Gasteiger partial charge in [-0.1, -0.05) is 31.0 Å². The Kier molecular flexibility index (Phi) is 8.67. The van der Waals surface area contributed by atoms with Crippen LogP contribution < -0.4 is 25.0 Å². The van der Waals surface area contributed by atoms with E-state index >= 15 is 0 Å². The Hall–Kier alpha value is -2.93.